The first-order valence-corrected chi connectivity index (χ1v) is 6.12. The number of rotatable bonds is 2. The van der Waals surface area contributed by atoms with Crippen LogP contribution in [0.2, 0.25) is 0 Å². The molecule has 0 radical (unpaired) electrons. The molecule has 0 aromatic carbocycles. The van der Waals surface area contributed by atoms with Crippen molar-refractivity contribution in [1.82, 2.24) is 9.97 Å². The highest BCUT2D eigenvalue weighted by Gasteiger charge is 2.20. The summed E-state index contributed by atoms with van der Waals surface area (Å²) < 4.78 is 4.78. The van der Waals surface area contributed by atoms with Crippen LogP contribution in [-0.2, 0) is 4.74 Å². The highest BCUT2D eigenvalue weighted by molar-refractivity contribution is 7.09. The second-order valence-corrected chi connectivity index (χ2v) is 4.93. The van der Waals surface area contributed by atoms with Gasteiger partial charge in [0.2, 0.25) is 0 Å². The van der Waals surface area contributed by atoms with E-state index < -0.39 is 0 Å². The molecule has 17 heavy (non-hydrogen) atoms. The van der Waals surface area contributed by atoms with Gasteiger partial charge in [0.05, 0.1) is 29.1 Å². The van der Waals surface area contributed by atoms with E-state index in [2.05, 4.69) is 9.97 Å². The van der Waals surface area contributed by atoms with E-state index in [1.807, 2.05) is 26.2 Å². The van der Waals surface area contributed by atoms with Crippen LogP contribution in [0.3, 0.4) is 0 Å². The van der Waals surface area contributed by atoms with Crippen molar-refractivity contribution in [2.75, 3.05) is 7.11 Å². The Labute approximate surface area is 104 Å². The van der Waals surface area contributed by atoms with E-state index in [4.69, 9.17) is 4.74 Å². The lowest BCUT2D eigenvalue weighted by atomic mass is 10.1. The molecule has 2 aromatic rings. The van der Waals surface area contributed by atoms with Crippen LogP contribution in [0.4, 0.5) is 0 Å². The summed E-state index contributed by atoms with van der Waals surface area (Å²) in [7, 11) is 1.39. The van der Waals surface area contributed by atoms with Crippen molar-refractivity contribution in [2.45, 2.75) is 20.8 Å². The minimum absolute atomic E-state index is 0.311. The quantitative estimate of drug-likeness (QED) is 0.834. The van der Waals surface area contributed by atoms with E-state index in [0.29, 0.717) is 5.56 Å². The zero-order valence-electron chi connectivity index (χ0n) is 10.2. The average Bonchev–Trinajstić information content (AvgIpc) is 2.82. The third-order valence-electron chi connectivity index (χ3n) is 2.70. The molecule has 4 nitrogen and oxygen atoms in total. The molecule has 0 fully saturated rings. The average molecular weight is 250 g/mol. The molecule has 5 heteroatoms. The molecule has 2 heterocycles. The molecule has 0 aliphatic carbocycles. The van der Waals surface area contributed by atoms with Gasteiger partial charge in [0.25, 0.3) is 0 Å². The van der Waals surface area contributed by atoms with E-state index >= 15 is 0 Å². The van der Waals surface area contributed by atoms with Crippen molar-refractivity contribution in [3.05, 3.63) is 27.2 Å². The Kier molecular flexibility index (Phi) is 3.02. The molecule has 0 aliphatic rings. The summed E-state index contributed by atoms with van der Waals surface area (Å²) in [4.78, 5) is 19.3. The lowest BCUT2D eigenvalue weighted by Crippen LogP contribution is -2.03. The molecule has 1 N–H and O–H groups in total. The number of hydrogen-bond acceptors (Lipinski definition) is 4. The molecule has 0 saturated heterocycles. The molecule has 0 unspecified atom stereocenters. The summed E-state index contributed by atoms with van der Waals surface area (Å²) in [5.74, 6) is -0.311. The molecule has 0 atom stereocenters. The molecule has 0 aliphatic heterocycles. The standard InChI is InChI=1S/C12H14N2O2S/c1-6-10(12(15)16-4)7(2)13-11(6)9-5-17-8(3)14-9/h5,13H,1-4H3. The third kappa shape index (κ3) is 1.98. The lowest BCUT2D eigenvalue weighted by Gasteiger charge is -1.99. The van der Waals surface area contributed by atoms with E-state index in [0.717, 1.165) is 27.7 Å². The zero-order chi connectivity index (χ0) is 12.6. The lowest BCUT2D eigenvalue weighted by molar-refractivity contribution is 0.0599. The number of nitrogens with zero attached hydrogens (tertiary/aromatic N) is 1. The fourth-order valence-electron chi connectivity index (χ4n) is 1.89. The first-order chi connectivity index (χ1) is 8.04. The van der Waals surface area contributed by atoms with Gasteiger partial charge < -0.3 is 9.72 Å². The number of aromatic amines is 1. The number of hydrogen-bond donors (Lipinski definition) is 1. The number of aromatic nitrogens is 2. The van der Waals surface area contributed by atoms with Gasteiger partial charge in [-0.1, -0.05) is 0 Å². The van der Waals surface area contributed by atoms with Gasteiger partial charge in [-0.05, 0) is 26.3 Å². The predicted octanol–water partition coefficient (Wildman–Crippen LogP) is 2.85. The maximum Gasteiger partial charge on any atom is 0.339 e. The molecule has 2 rings (SSSR count). The molecule has 0 spiro atoms. The molecule has 0 bridgehead atoms. The number of carbonyl (C=O) groups is 1. The number of thiazole rings is 1. The molecular formula is C12H14N2O2S. The van der Waals surface area contributed by atoms with Gasteiger partial charge in [-0.3, -0.25) is 0 Å². The van der Waals surface area contributed by atoms with Crippen LogP contribution in [-0.4, -0.2) is 23.0 Å². The number of ether oxygens (including phenoxy) is 1. The largest absolute Gasteiger partial charge is 0.465 e. The van der Waals surface area contributed by atoms with Crippen LogP contribution in [0.25, 0.3) is 11.4 Å². The number of nitrogens with one attached hydrogen (secondary N) is 1. The van der Waals surface area contributed by atoms with Crippen molar-refractivity contribution in [1.29, 1.82) is 0 Å². The number of esters is 1. The maximum absolute atomic E-state index is 11.6. The number of H-pyrrole nitrogens is 1. The molecule has 90 valence electrons. The Morgan fingerprint density at radius 2 is 2.12 bits per heavy atom. The third-order valence-corrected chi connectivity index (χ3v) is 3.48. The normalized spacial score (nSPS) is 10.6. The van der Waals surface area contributed by atoms with E-state index in [9.17, 15) is 4.79 Å². The van der Waals surface area contributed by atoms with Gasteiger partial charge in [0, 0.05) is 11.1 Å². The van der Waals surface area contributed by atoms with Crippen molar-refractivity contribution in [3.63, 3.8) is 0 Å². The number of methoxy groups -OCH3 is 1. The van der Waals surface area contributed by atoms with Gasteiger partial charge in [0.1, 0.15) is 0 Å². The minimum atomic E-state index is -0.311. The van der Waals surface area contributed by atoms with E-state index in [1.165, 1.54) is 7.11 Å². The van der Waals surface area contributed by atoms with Crippen LogP contribution in [0, 0.1) is 20.8 Å². The fourth-order valence-corrected chi connectivity index (χ4v) is 2.50. The van der Waals surface area contributed by atoms with E-state index in [1.54, 1.807) is 11.3 Å². The summed E-state index contributed by atoms with van der Waals surface area (Å²) in [5, 5.41) is 2.99. The van der Waals surface area contributed by atoms with Gasteiger partial charge in [-0.15, -0.1) is 11.3 Å². The van der Waals surface area contributed by atoms with Crippen molar-refractivity contribution >= 4 is 17.3 Å². The fraction of sp³-hybridized carbons (Fsp3) is 0.333. The molecule has 0 amide bonds. The summed E-state index contributed by atoms with van der Waals surface area (Å²) >= 11 is 1.59. The monoisotopic (exact) mass is 250 g/mol. The van der Waals surface area contributed by atoms with Crippen molar-refractivity contribution < 1.29 is 9.53 Å². The van der Waals surface area contributed by atoms with Crippen LogP contribution in [0.15, 0.2) is 5.38 Å². The maximum atomic E-state index is 11.6. The van der Waals surface area contributed by atoms with Crippen LogP contribution >= 0.6 is 11.3 Å². The van der Waals surface area contributed by atoms with Gasteiger partial charge in [-0.25, -0.2) is 9.78 Å². The first kappa shape index (κ1) is 11.9. The second kappa shape index (κ2) is 4.33. The van der Waals surface area contributed by atoms with Crippen LogP contribution in [0.5, 0.6) is 0 Å². The predicted molar refractivity (Wildman–Crippen MR) is 67.5 cm³/mol. The van der Waals surface area contributed by atoms with Gasteiger partial charge >= 0.3 is 5.97 Å². The Morgan fingerprint density at radius 1 is 1.41 bits per heavy atom. The Hall–Kier alpha value is -1.62. The van der Waals surface area contributed by atoms with E-state index in [-0.39, 0.29) is 5.97 Å². The van der Waals surface area contributed by atoms with Crippen molar-refractivity contribution in [3.8, 4) is 11.4 Å². The highest BCUT2D eigenvalue weighted by Crippen LogP contribution is 2.28. The SMILES string of the molecule is COC(=O)c1c(C)[nH]c(-c2csc(C)n2)c1C. The summed E-state index contributed by atoms with van der Waals surface area (Å²) in [5.41, 5.74) is 4.08. The second-order valence-electron chi connectivity index (χ2n) is 3.87. The topological polar surface area (TPSA) is 55.0 Å². The Bertz CT molecular complexity index is 569. The summed E-state index contributed by atoms with van der Waals surface area (Å²) in [6, 6.07) is 0. The van der Waals surface area contributed by atoms with Gasteiger partial charge in [0.15, 0.2) is 0 Å². The van der Waals surface area contributed by atoms with Crippen LogP contribution in [0.1, 0.15) is 26.6 Å². The van der Waals surface area contributed by atoms with Gasteiger partial charge in [-0.2, -0.15) is 0 Å². The number of carbonyl (C=O) groups excluding carboxylic acids is 1. The minimum Gasteiger partial charge on any atom is -0.465 e. The van der Waals surface area contributed by atoms with Crippen molar-refractivity contribution in [2.24, 2.45) is 0 Å². The smallest absolute Gasteiger partial charge is 0.339 e. The number of aryl methyl sites for hydroxylation is 2. The summed E-state index contributed by atoms with van der Waals surface area (Å²) in [6.45, 7) is 5.72. The molecule has 2 aromatic heterocycles. The Morgan fingerprint density at radius 3 is 2.65 bits per heavy atom. The Balaban J connectivity index is 2.54. The zero-order valence-corrected chi connectivity index (χ0v) is 11.1. The van der Waals surface area contributed by atoms with Crippen LogP contribution < -0.4 is 0 Å². The molecular weight excluding hydrogens is 236 g/mol. The molecule has 0 saturated carbocycles. The first-order valence-electron chi connectivity index (χ1n) is 5.24. The highest BCUT2D eigenvalue weighted by atomic mass is 32.1. The summed E-state index contributed by atoms with van der Waals surface area (Å²) in [6.07, 6.45) is 0.